The number of carbonyl (C=O) groups excluding carboxylic acids is 1. The minimum absolute atomic E-state index is 0.357. The first-order chi connectivity index (χ1) is 8.47. The highest BCUT2D eigenvalue weighted by Gasteiger charge is 2.20. The molecule has 0 radical (unpaired) electrons. The van der Waals surface area contributed by atoms with Gasteiger partial charge < -0.3 is 10.6 Å². The molecule has 0 fully saturated rings. The van der Waals surface area contributed by atoms with Gasteiger partial charge in [0.15, 0.2) is 0 Å². The van der Waals surface area contributed by atoms with Gasteiger partial charge in [0, 0.05) is 19.3 Å². The summed E-state index contributed by atoms with van der Waals surface area (Å²) in [4.78, 5) is 12.9. The largest absolute Gasteiger partial charge is 0.336 e. The van der Waals surface area contributed by atoms with Gasteiger partial charge >= 0.3 is 0 Å². The van der Waals surface area contributed by atoms with Crippen LogP contribution in [0, 0.1) is 6.92 Å². The van der Waals surface area contributed by atoms with E-state index in [0.717, 1.165) is 11.3 Å². The van der Waals surface area contributed by atoms with E-state index in [2.05, 4.69) is 5.10 Å². The van der Waals surface area contributed by atoms with Gasteiger partial charge in [-0.05, 0) is 19.9 Å². The Balaban J connectivity index is 2.77. The normalized spacial score (nSPS) is 11.0. The molecule has 0 aliphatic rings. The van der Waals surface area contributed by atoms with Crippen LogP contribution in [0.15, 0.2) is 6.20 Å². The highest BCUT2D eigenvalue weighted by molar-refractivity contribution is 5.94. The summed E-state index contributed by atoms with van der Waals surface area (Å²) in [6.07, 6.45) is -0.370. The molecule has 18 heavy (non-hydrogen) atoms. The van der Waals surface area contributed by atoms with Crippen LogP contribution in [0.2, 0.25) is 0 Å². The van der Waals surface area contributed by atoms with Crippen molar-refractivity contribution in [3.8, 4) is 0 Å². The Morgan fingerprint density at radius 3 is 2.83 bits per heavy atom. The summed E-state index contributed by atoms with van der Waals surface area (Å²) < 4.78 is 26.1. The van der Waals surface area contributed by atoms with Crippen LogP contribution in [0.3, 0.4) is 0 Å². The molecular formula is C11H18F2N4O. The molecular weight excluding hydrogens is 242 g/mol. The third-order valence-corrected chi connectivity index (χ3v) is 2.67. The average molecular weight is 260 g/mol. The lowest BCUT2D eigenvalue weighted by molar-refractivity contribution is 0.0619. The zero-order valence-electron chi connectivity index (χ0n) is 10.6. The molecule has 5 nitrogen and oxygen atoms in total. The lowest BCUT2D eigenvalue weighted by Crippen LogP contribution is -2.31. The predicted molar refractivity (Wildman–Crippen MR) is 63.6 cm³/mol. The molecule has 0 bridgehead atoms. The number of hydrogen-bond acceptors (Lipinski definition) is 3. The first kappa shape index (κ1) is 14.6. The molecule has 7 heteroatoms. The number of nitrogens with two attached hydrogens (primary N) is 1. The lowest BCUT2D eigenvalue weighted by atomic mass is 10.2. The van der Waals surface area contributed by atoms with Crippen LogP contribution in [-0.4, -0.2) is 47.2 Å². The van der Waals surface area contributed by atoms with Gasteiger partial charge in [-0.3, -0.25) is 9.48 Å². The standard InChI is InChI=1S/C11H18F2N4O/c1-8-9(6-15-17(8)5-3-4-14)11(18)16(2)7-10(12)13/h6,10H,3-5,7,14H2,1-2H3. The minimum Gasteiger partial charge on any atom is -0.336 e. The second kappa shape index (κ2) is 6.44. The number of aryl methyl sites for hydroxylation is 1. The molecule has 0 spiro atoms. The van der Waals surface area contributed by atoms with E-state index in [-0.39, 0.29) is 0 Å². The van der Waals surface area contributed by atoms with Crippen molar-refractivity contribution in [2.24, 2.45) is 5.73 Å². The fraction of sp³-hybridized carbons (Fsp3) is 0.636. The number of aromatic nitrogens is 2. The number of alkyl halides is 2. The van der Waals surface area contributed by atoms with E-state index in [1.54, 1.807) is 11.6 Å². The van der Waals surface area contributed by atoms with Gasteiger partial charge in [0.2, 0.25) is 0 Å². The third kappa shape index (κ3) is 3.49. The topological polar surface area (TPSA) is 64.2 Å². The monoisotopic (exact) mass is 260 g/mol. The van der Waals surface area contributed by atoms with Crippen LogP contribution in [0.25, 0.3) is 0 Å². The van der Waals surface area contributed by atoms with Crippen LogP contribution < -0.4 is 5.73 Å². The molecule has 1 aromatic heterocycles. The van der Waals surface area contributed by atoms with Crippen molar-refractivity contribution in [2.75, 3.05) is 20.1 Å². The highest BCUT2D eigenvalue weighted by atomic mass is 19.3. The van der Waals surface area contributed by atoms with Gasteiger partial charge in [-0.1, -0.05) is 0 Å². The molecule has 0 atom stereocenters. The van der Waals surface area contributed by atoms with E-state index in [9.17, 15) is 13.6 Å². The van der Waals surface area contributed by atoms with E-state index in [4.69, 9.17) is 5.73 Å². The van der Waals surface area contributed by atoms with Gasteiger partial charge in [-0.25, -0.2) is 8.78 Å². The quantitative estimate of drug-likeness (QED) is 0.825. The number of nitrogens with zero attached hydrogens (tertiary/aromatic N) is 3. The fourth-order valence-electron chi connectivity index (χ4n) is 1.62. The Hall–Kier alpha value is -1.50. The molecule has 0 saturated carbocycles. The molecule has 1 amide bonds. The number of halogens is 2. The Morgan fingerprint density at radius 2 is 2.28 bits per heavy atom. The maximum atomic E-state index is 12.2. The summed E-state index contributed by atoms with van der Waals surface area (Å²) in [7, 11) is 1.35. The van der Waals surface area contributed by atoms with Gasteiger partial charge in [0.25, 0.3) is 12.3 Å². The van der Waals surface area contributed by atoms with E-state index in [1.807, 2.05) is 0 Å². The second-order valence-corrected chi connectivity index (χ2v) is 4.09. The van der Waals surface area contributed by atoms with Crippen molar-refractivity contribution in [3.63, 3.8) is 0 Å². The van der Waals surface area contributed by atoms with Gasteiger partial charge in [-0.15, -0.1) is 0 Å². The van der Waals surface area contributed by atoms with Crippen molar-refractivity contribution < 1.29 is 13.6 Å². The van der Waals surface area contributed by atoms with E-state index in [1.165, 1.54) is 13.2 Å². The SMILES string of the molecule is Cc1c(C(=O)N(C)CC(F)F)cnn1CCCN. The van der Waals surface area contributed by atoms with E-state index < -0.39 is 18.9 Å². The number of amides is 1. The molecule has 0 aliphatic carbocycles. The average Bonchev–Trinajstić information content (AvgIpc) is 2.66. The van der Waals surface area contributed by atoms with Gasteiger partial charge in [0.1, 0.15) is 0 Å². The highest BCUT2D eigenvalue weighted by Crippen LogP contribution is 2.11. The summed E-state index contributed by atoms with van der Waals surface area (Å²) in [5.41, 5.74) is 6.43. The number of carbonyl (C=O) groups is 1. The summed E-state index contributed by atoms with van der Waals surface area (Å²) >= 11 is 0. The zero-order valence-corrected chi connectivity index (χ0v) is 10.6. The Bertz CT molecular complexity index is 406. The van der Waals surface area contributed by atoms with Gasteiger partial charge in [0.05, 0.1) is 18.3 Å². The number of hydrogen-bond donors (Lipinski definition) is 1. The molecule has 2 N–H and O–H groups in total. The van der Waals surface area contributed by atoms with Crippen LogP contribution in [-0.2, 0) is 6.54 Å². The summed E-state index contributed by atoms with van der Waals surface area (Å²) in [6, 6.07) is 0. The lowest BCUT2D eigenvalue weighted by Gasteiger charge is -2.16. The minimum atomic E-state index is -2.54. The van der Waals surface area contributed by atoms with Crippen molar-refractivity contribution >= 4 is 5.91 Å². The van der Waals surface area contributed by atoms with Crippen LogP contribution in [0.4, 0.5) is 8.78 Å². The van der Waals surface area contributed by atoms with Crippen molar-refractivity contribution in [2.45, 2.75) is 26.3 Å². The Kier molecular flexibility index (Phi) is 5.21. The molecule has 0 unspecified atom stereocenters. The first-order valence-corrected chi connectivity index (χ1v) is 5.73. The zero-order chi connectivity index (χ0) is 13.7. The molecule has 102 valence electrons. The van der Waals surface area contributed by atoms with Crippen LogP contribution >= 0.6 is 0 Å². The molecule has 1 rings (SSSR count). The second-order valence-electron chi connectivity index (χ2n) is 4.09. The van der Waals surface area contributed by atoms with Gasteiger partial charge in [-0.2, -0.15) is 5.10 Å². The smallest absolute Gasteiger partial charge is 0.257 e. The molecule has 0 aliphatic heterocycles. The fourth-order valence-corrected chi connectivity index (χ4v) is 1.62. The summed E-state index contributed by atoms with van der Waals surface area (Å²) in [5.74, 6) is -0.438. The van der Waals surface area contributed by atoms with Crippen molar-refractivity contribution in [3.05, 3.63) is 17.5 Å². The Labute approximate surface area is 105 Å². The van der Waals surface area contributed by atoms with Crippen molar-refractivity contribution in [1.82, 2.24) is 14.7 Å². The third-order valence-electron chi connectivity index (χ3n) is 2.67. The first-order valence-electron chi connectivity index (χ1n) is 5.73. The summed E-state index contributed by atoms with van der Waals surface area (Å²) in [5, 5.41) is 4.06. The van der Waals surface area contributed by atoms with Crippen molar-refractivity contribution in [1.29, 1.82) is 0 Å². The maximum absolute atomic E-state index is 12.2. The predicted octanol–water partition coefficient (Wildman–Crippen LogP) is 0.877. The Morgan fingerprint density at radius 1 is 1.61 bits per heavy atom. The maximum Gasteiger partial charge on any atom is 0.257 e. The van der Waals surface area contributed by atoms with E-state index in [0.29, 0.717) is 24.3 Å². The number of rotatable bonds is 6. The van der Waals surface area contributed by atoms with Crippen LogP contribution in [0.5, 0.6) is 0 Å². The summed E-state index contributed by atoms with van der Waals surface area (Å²) in [6.45, 7) is 2.32. The molecule has 1 heterocycles. The van der Waals surface area contributed by atoms with Crippen LogP contribution in [0.1, 0.15) is 22.5 Å². The molecule has 0 saturated heterocycles. The molecule has 1 aromatic rings. The van der Waals surface area contributed by atoms with E-state index >= 15 is 0 Å². The molecule has 0 aromatic carbocycles.